The van der Waals surface area contributed by atoms with E-state index in [9.17, 15) is 38.7 Å². The van der Waals surface area contributed by atoms with Gasteiger partial charge in [0.1, 0.15) is 17.3 Å². The third-order valence-electron chi connectivity index (χ3n) is 11.5. The number of ketones is 5. The number of aliphatic carboxylic acids is 1. The van der Waals surface area contributed by atoms with Crippen molar-refractivity contribution in [3.8, 4) is 0 Å². The van der Waals surface area contributed by atoms with Gasteiger partial charge in [-0.25, -0.2) is 0 Å². The molecule has 2 fully saturated rings. The molecule has 0 spiro atoms. The normalized spacial score (nSPS) is 37.6. The number of hydrogen-bond acceptors (Lipinski definition) is 8. The number of esters is 1. The van der Waals surface area contributed by atoms with Crippen molar-refractivity contribution >= 4 is 40.9 Å². The van der Waals surface area contributed by atoms with E-state index in [2.05, 4.69) is 0 Å². The predicted octanol–water partition coefficient (Wildman–Crippen LogP) is 4.09. The summed E-state index contributed by atoms with van der Waals surface area (Å²) in [6.07, 6.45) is -0.948. The molecular weight excluding hydrogens is 528 g/mol. The van der Waals surface area contributed by atoms with Crippen LogP contribution in [0.15, 0.2) is 11.1 Å². The van der Waals surface area contributed by atoms with Crippen LogP contribution in [0.5, 0.6) is 0 Å². The summed E-state index contributed by atoms with van der Waals surface area (Å²) in [4.78, 5) is 92.3. The van der Waals surface area contributed by atoms with Crippen molar-refractivity contribution in [3.05, 3.63) is 11.1 Å². The lowest BCUT2D eigenvalue weighted by atomic mass is 9.42. The predicted molar refractivity (Wildman–Crippen MR) is 146 cm³/mol. The first-order chi connectivity index (χ1) is 18.8. The number of hydrogen-bond donors (Lipinski definition) is 1. The smallest absolute Gasteiger partial charge is 0.306 e. The topological polar surface area (TPSA) is 149 Å². The lowest BCUT2D eigenvalue weighted by Crippen LogP contribution is -2.64. The Labute approximate surface area is 240 Å². The molecule has 2 saturated carbocycles. The van der Waals surface area contributed by atoms with Crippen molar-refractivity contribution in [2.75, 3.05) is 0 Å². The Balaban J connectivity index is 1.89. The molecule has 0 aromatic heterocycles. The van der Waals surface area contributed by atoms with E-state index in [1.54, 1.807) is 34.6 Å². The summed E-state index contributed by atoms with van der Waals surface area (Å²) in [5.41, 5.74) is -4.09. The second-order valence-corrected chi connectivity index (χ2v) is 14.2. The standard InChI is InChI=1S/C32H42O9/c1-15(11-18(34)12-16(2)28(39)40)19-13-23(37)32(8)24-20(35)14-21-29(4,5)22(36)9-10-30(21,6)25(24)26(38)27(31(19,32)7)41-17(3)33/h15-16,19,21,27H,9-14H2,1-8H3,(H,39,40)/t15-,16?,19-,21+,27-,30+,31+,32+/m1/s1. The summed E-state index contributed by atoms with van der Waals surface area (Å²) in [6, 6.07) is 0. The molecule has 4 aliphatic carbocycles. The van der Waals surface area contributed by atoms with Crippen molar-refractivity contribution < 1.29 is 43.4 Å². The van der Waals surface area contributed by atoms with Crippen LogP contribution in [0.2, 0.25) is 0 Å². The molecular formula is C32H42O9. The Morgan fingerprint density at radius 1 is 0.927 bits per heavy atom. The van der Waals surface area contributed by atoms with Crippen LogP contribution in [0.4, 0.5) is 0 Å². The average Bonchev–Trinajstić information content (AvgIpc) is 3.07. The van der Waals surface area contributed by atoms with Crippen LogP contribution in [0.1, 0.15) is 93.9 Å². The number of allylic oxidation sites excluding steroid dienone is 1. The molecule has 4 rings (SSSR count). The summed E-state index contributed by atoms with van der Waals surface area (Å²) in [7, 11) is 0. The molecule has 0 aromatic rings. The number of carbonyl (C=O) groups is 7. The summed E-state index contributed by atoms with van der Waals surface area (Å²) >= 11 is 0. The number of carboxylic acids is 1. The highest BCUT2D eigenvalue weighted by Gasteiger charge is 2.74. The molecule has 0 radical (unpaired) electrons. The molecule has 224 valence electrons. The van der Waals surface area contributed by atoms with Crippen LogP contribution >= 0.6 is 0 Å². The zero-order chi connectivity index (χ0) is 31.0. The molecule has 9 nitrogen and oxygen atoms in total. The molecule has 9 heteroatoms. The highest BCUT2D eigenvalue weighted by molar-refractivity contribution is 6.18. The van der Waals surface area contributed by atoms with Gasteiger partial charge in [-0.1, -0.05) is 41.5 Å². The number of carbonyl (C=O) groups excluding carboxylic acids is 6. The van der Waals surface area contributed by atoms with Crippen LogP contribution in [-0.4, -0.2) is 52.1 Å². The van der Waals surface area contributed by atoms with Gasteiger partial charge >= 0.3 is 11.9 Å². The Hall–Kier alpha value is -2.97. The Morgan fingerprint density at radius 3 is 2.10 bits per heavy atom. The first-order valence-corrected chi connectivity index (χ1v) is 14.6. The SMILES string of the molecule is CC(=O)O[C@@H]1C(=O)C2=C(C(=O)C[C@H]3C(C)(C)C(=O)CC[C@]23C)[C@]2(C)C(=O)C[C@H]([C@H](C)CC(=O)CC(C)C(=O)O)[C@@]12C. The summed E-state index contributed by atoms with van der Waals surface area (Å²) in [5, 5.41) is 9.23. The number of fused-ring (bicyclic) bond motifs is 4. The fourth-order valence-corrected chi connectivity index (χ4v) is 8.99. The van der Waals surface area contributed by atoms with Gasteiger partial charge in [-0.15, -0.1) is 0 Å². The van der Waals surface area contributed by atoms with E-state index in [1.165, 1.54) is 13.8 Å². The zero-order valence-electron chi connectivity index (χ0n) is 25.3. The van der Waals surface area contributed by atoms with E-state index in [4.69, 9.17) is 4.74 Å². The summed E-state index contributed by atoms with van der Waals surface area (Å²) < 4.78 is 5.78. The molecule has 4 aliphatic rings. The average molecular weight is 571 g/mol. The maximum Gasteiger partial charge on any atom is 0.306 e. The van der Waals surface area contributed by atoms with Gasteiger partial charge in [0.2, 0.25) is 5.78 Å². The molecule has 41 heavy (non-hydrogen) atoms. The highest BCUT2D eigenvalue weighted by Crippen LogP contribution is 2.70. The first-order valence-electron chi connectivity index (χ1n) is 14.6. The zero-order valence-corrected chi connectivity index (χ0v) is 25.3. The van der Waals surface area contributed by atoms with Gasteiger partial charge in [-0.2, -0.15) is 0 Å². The van der Waals surface area contributed by atoms with E-state index in [-0.39, 0.29) is 66.4 Å². The third kappa shape index (κ3) is 4.20. The van der Waals surface area contributed by atoms with Crippen molar-refractivity contribution in [2.24, 2.45) is 45.3 Å². The largest absolute Gasteiger partial charge is 0.481 e. The van der Waals surface area contributed by atoms with Crippen molar-refractivity contribution in [3.63, 3.8) is 0 Å². The Kier molecular flexibility index (Phi) is 7.41. The van der Waals surface area contributed by atoms with Crippen molar-refractivity contribution in [2.45, 2.75) is 100 Å². The van der Waals surface area contributed by atoms with Gasteiger partial charge in [-0.3, -0.25) is 33.6 Å². The lowest BCUT2D eigenvalue weighted by molar-refractivity contribution is -0.175. The molecule has 0 heterocycles. The Bertz CT molecular complexity index is 1300. The lowest BCUT2D eigenvalue weighted by Gasteiger charge is -2.59. The van der Waals surface area contributed by atoms with Crippen LogP contribution in [0.3, 0.4) is 0 Å². The van der Waals surface area contributed by atoms with Gasteiger partial charge < -0.3 is 9.84 Å². The van der Waals surface area contributed by atoms with Crippen molar-refractivity contribution in [1.29, 1.82) is 0 Å². The summed E-state index contributed by atoms with van der Waals surface area (Å²) in [5.74, 6) is -5.46. The number of carboxylic acid groups (broad SMARTS) is 1. The molecule has 1 N–H and O–H groups in total. The third-order valence-corrected chi connectivity index (χ3v) is 11.5. The monoisotopic (exact) mass is 570 g/mol. The van der Waals surface area contributed by atoms with E-state index < -0.39 is 69.2 Å². The van der Waals surface area contributed by atoms with Gasteiger partial charge in [0.05, 0.1) is 11.3 Å². The van der Waals surface area contributed by atoms with Crippen LogP contribution in [0, 0.1) is 45.3 Å². The quantitative estimate of drug-likeness (QED) is 0.447. The molecule has 0 bridgehead atoms. The van der Waals surface area contributed by atoms with E-state index in [0.717, 1.165) is 0 Å². The van der Waals surface area contributed by atoms with Gasteiger partial charge in [0, 0.05) is 66.4 Å². The Morgan fingerprint density at radius 2 is 1.54 bits per heavy atom. The molecule has 0 amide bonds. The van der Waals surface area contributed by atoms with Crippen LogP contribution in [-0.2, 0) is 38.3 Å². The van der Waals surface area contributed by atoms with E-state index in [1.807, 2.05) is 6.92 Å². The molecule has 1 unspecified atom stereocenters. The second kappa shape index (κ2) is 9.80. The molecule has 0 saturated heterocycles. The maximum atomic E-state index is 14.6. The van der Waals surface area contributed by atoms with Crippen LogP contribution in [0.25, 0.3) is 0 Å². The first kappa shape index (κ1) is 31.0. The van der Waals surface area contributed by atoms with Gasteiger partial charge in [0.15, 0.2) is 11.9 Å². The highest BCUT2D eigenvalue weighted by atomic mass is 16.5. The van der Waals surface area contributed by atoms with E-state index in [0.29, 0.717) is 6.42 Å². The van der Waals surface area contributed by atoms with Crippen LogP contribution < -0.4 is 0 Å². The number of rotatable bonds is 7. The fourth-order valence-electron chi connectivity index (χ4n) is 8.99. The van der Waals surface area contributed by atoms with Gasteiger partial charge in [-0.05, 0) is 31.1 Å². The minimum Gasteiger partial charge on any atom is -0.481 e. The molecule has 0 aliphatic heterocycles. The molecule has 8 atom stereocenters. The summed E-state index contributed by atoms with van der Waals surface area (Å²) in [6.45, 7) is 13.3. The number of Topliss-reactive ketones (excluding diaryl/α,β-unsaturated/α-hetero) is 5. The maximum absolute atomic E-state index is 14.6. The second-order valence-electron chi connectivity index (χ2n) is 14.2. The minimum atomic E-state index is -1.46. The fraction of sp³-hybridized carbons (Fsp3) is 0.719. The minimum absolute atomic E-state index is 0.0157. The van der Waals surface area contributed by atoms with E-state index >= 15 is 0 Å². The number of ether oxygens (including phenoxy) is 1. The molecule has 0 aromatic carbocycles. The van der Waals surface area contributed by atoms with Crippen molar-refractivity contribution in [1.82, 2.24) is 0 Å². The van der Waals surface area contributed by atoms with Gasteiger partial charge in [0.25, 0.3) is 0 Å².